The van der Waals surface area contributed by atoms with Gasteiger partial charge < -0.3 is 10.1 Å². The van der Waals surface area contributed by atoms with Crippen molar-refractivity contribution in [2.24, 2.45) is 0 Å². The second-order valence-corrected chi connectivity index (χ2v) is 8.93. The summed E-state index contributed by atoms with van der Waals surface area (Å²) in [7, 11) is 0. The average Bonchev–Trinajstić information content (AvgIpc) is 2.58. The molecule has 0 saturated heterocycles. The van der Waals surface area contributed by atoms with E-state index >= 15 is 0 Å². The molecule has 2 rings (SSSR count). The number of aromatic nitrogens is 2. The molecule has 1 unspecified atom stereocenters. The normalized spacial score (nSPS) is 12.5. The molecule has 1 aromatic heterocycles. The summed E-state index contributed by atoms with van der Waals surface area (Å²) in [5, 5.41) is 3.00. The van der Waals surface area contributed by atoms with Crippen LogP contribution in [0.25, 0.3) is 0 Å². The molecule has 2 aromatic rings. The number of halogens is 4. The Morgan fingerprint density at radius 3 is 2.56 bits per heavy atom. The predicted molar refractivity (Wildman–Crippen MR) is 106 cm³/mol. The standard InChI is InChI=1S/C17H17Cl3FN3O2S/c1-3-8-27-16-22-10(2)9-13(23-16)26-15(17(18,19)20)24-14(25)11-4-6-12(21)7-5-11/h4-7,9,15H,3,8H2,1-2H3,(H,24,25). The quantitative estimate of drug-likeness (QED) is 0.279. The van der Waals surface area contributed by atoms with Gasteiger partial charge in [-0.25, -0.2) is 9.37 Å². The van der Waals surface area contributed by atoms with Gasteiger partial charge in [-0.1, -0.05) is 53.5 Å². The van der Waals surface area contributed by atoms with Gasteiger partial charge in [0.1, 0.15) is 5.82 Å². The van der Waals surface area contributed by atoms with E-state index in [2.05, 4.69) is 15.3 Å². The fraction of sp³-hybridized carbons (Fsp3) is 0.353. The Bertz CT molecular complexity index is 788. The maximum Gasteiger partial charge on any atom is 0.254 e. The first-order valence-corrected chi connectivity index (χ1v) is 10.1. The van der Waals surface area contributed by atoms with E-state index in [9.17, 15) is 9.18 Å². The number of carbonyl (C=O) groups is 1. The van der Waals surface area contributed by atoms with Crippen LogP contribution >= 0.6 is 46.6 Å². The Morgan fingerprint density at radius 2 is 1.96 bits per heavy atom. The lowest BCUT2D eigenvalue weighted by atomic mass is 10.2. The largest absolute Gasteiger partial charge is 0.449 e. The van der Waals surface area contributed by atoms with Gasteiger partial charge in [0.2, 0.25) is 15.9 Å². The Balaban J connectivity index is 2.18. The number of aryl methyl sites for hydroxylation is 1. The van der Waals surface area contributed by atoms with Gasteiger partial charge >= 0.3 is 0 Å². The van der Waals surface area contributed by atoms with Crippen molar-refractivity contribution in [3.8, 4) is 5.88 Å². The number of ether oxygens (including phenoxy) is 1. The van der Waals surface area contributed by atoms with Crippen molar-refractivity contribution in [2.45, 2.75) is 35.4 Å². The Labute approximate surface area is 176 Å². The summed E-state index contributed by atoms with van der Waals surface area (Å²) < 4.78 is 16.7. The van der Waals surface area contributed by atoms with Crippen LogP contribution in [0.1, 0.15) is 29.4 Å². The Hall–Kier alpha value is -1.28. The molecular formula is C17H17Cl3FN3O2S. The van der Waals surface area contributed by atoms with Gasteiger partial charge in [-0.15, -0.1) is 0 Å². The van der Waals surface area contributed by atoms with Crippen molar-refractivity contribution < 1.29 is 13.9 Å². The van der Waals surface area contributed by atoms with Crippen LogP contribution in [0.2, 0.25) is 0 Å². The van der Waals surface area contributed by atoms with Gasteiger partial charge in [-0.3, -0.25) is 4.79 Å². The average molecular weight is 453 g/mol. The highest BCUT2D eigenvalue weighted by molar-refractivity contribution is 7.99. The highest BCUT2D eigenvalue weighted by Crippen LogP contribution is 2.32. The summed E-state index contributed by atoms with van der Waals surface area (Å²) in [6, 6.07) is 6.52. The number of carbonyl (C=O) groups excluding carboxylic acids is 1. The molecule has 27 heavy (non-hydrogen) atoms. The molecule has 0 aliphatic heterocycles. The van der Waals surface area contributed by atoms with E-state index in [-0.39, 0.29) is 11.4 Å². The smallest absolute Gasteiger partial charge is 0.254 e. The van der Waals surface area contributed by atoms with Gasteiger partial charge in [-0.2, -0.15) is 4.98 Å². The van der Waals surface area contributed by atoms with Crippen LogP contribution in [0.3, 0.4) is 0 Å². The molecule has 0 bridgehead atoms. The number of nitrogens with zero attached hydrogens (tertiary/aromatic N) is 2. The van der Waals surface area contributed by atoms with E-state index in [4.69, 9.17) is 39.5 Å². The third-order valence-corrected chi connectivity index (χ3v) is 4.80. The second kappa shape index (κ2) is 9.78. The van der Waals surface area contributed by atoms with E-state index in [0.717, 1.165) is 24.3 Å². The van der Waals surface area contributed by atoms with Crippen molar-refractivity contribution in [3.05, 3.63) is 47.4 Å². The highest BCUT2D eigenvalue weighted by Gasteiger charge is 2.37. The van der Waals surface area contributed by atoms with Crippen LogP contribution < -0.4 is 10.1 Å². The lowest BCUT2D eigenvalue weighted by molar-refractivity contribution is 0.0824. The highest BCUT2D eigenvalue weighted by atomic mass is 35.6. The SMILES string of the molecule is CCCSc1nc(C)cc(OC(NC(=O)c2ccc(F)cc2)C(Cl)(Cl)Cl)n1. The minimum Gasteiger partial charge on any atom is -0.449 e. The lowest BCUT2D eigenvalue weighted by Crippen LogP contribution is -2.48. The first kappa shape index (κ1) is 22.0. The van der Waals surface area contributed by atoms with Crippen molar-refractivity contribution in [3.63, 3.8) is 0 Å². The van der Waals surface area contributed by atoms with E-state index in [1.807, 2.05) is 6.92 Å². The van der Waals surface area contributed by atoms with Gasteiger partial charge in [0.25, 0.3) is 5.91 Å². The molecule has 0 fully saturated rings. The minimum atomic E-state index is -1.97. The van der Waals surface area contributed by atoms with Crippen LogP contribution in [0, 0.1) is 12.7 Å². The number of hydrogen-bond acceptors (Lipinski definition) is 5. The molecule has 1 amide bonds. The molecular weight excluding hydrogens is 436 g/mol. The number of benzene rings is 1. The first-order valence-electron chi connectivity index (χ1n) is 7.97. The number of amides is 1. The molecule has 0 aliphatic carbocycles. The Morgan fingerprint density at radius 1 is 1.30 bits per heavy atom. The topological polar surface area (TPSA) is 64.1 Å². The molecule has 1 N–H and O–H groups in total. The zero-order chi connectivity index (χ0) is 20.0. The fourth-order valence-corrected chi connectivity index (χ4v) is 2.98. The van der Waals surface area contributed by atoms with Gasteiger partial charge in [-0.05, 0) is 37.6 Å². The fourth-order valence-electron chi connectivity index (χ4n) is 1.93. The van der Waals surface area contributed by atoms with Gasteiger partial charge in [0.05, 0.1) is 0 Å². The Kier molecular flexibility index (Phi) is 7.97. The summed E-state index contributed by atoms with van der Waals surface area (Å²) in [5.74, 6) is -0.0400. The second-order valence-electron chi connectivity index (χ2n) is 5.50. The molecule has 0 saturated carbocycles. The molecule has 1 heterocycles. The third-order valence-electron chi connectivity index (χ3n) is 3.15. The molecule has 0 spiro atoms. The lowest BCUT2D eigenvalue weighted by Gasteiger charge is -2.26. The molecule has 1 aromatic carbocycles. The van der Waals surface area contributed by atoms with E-state index < -0.39 is 21.7 Å². The summed E-state index contributed by atoms with van der Waals surface area (Å²) in [6.45, 7) is 3.83. The molecule has 10 heteroatoms. The van der Waals surface area contributed by atoms with E-state index in [1.165, 1.54) is 23.9 Å². The number of rotatable bonds is 7. The zero-order valence-corrected chi connectivity index (χ0v) is 17.6. The maximum absolute atomic E-state index is 13.0. The van der Waals surface area contributed by atoms with Crippen molar-refractivity contribution in [2.75, 3.05) is 5.75 Å². The summed E-state index contributed by atoms with van der Waals surface area (Å²) in [4.78, 5) is 20.9. The van der Waals surface area contributed by atoms with Crippen LogP contribution in [0.15, 0.2) is 35.5 Å². The minimum absolute atomic E-state index is 0.164. The van der Waals surface area contributed by atoms with Crippen molar-refractivity contribution in [1.82, 2.24) is 15.3 Å². The van der Waals surface area contributed by atoms with E-state index in [0.29, 0.717) is 10.9 Å². The van der Waals surface area contributed by atoms with Gasteiger partial charge in [0, 0.05) is 23.1 Å². The summed E-state index contributed by atoms with van der Waals surface area (Å²) in [5.41, 5.74) is 0.865. The van der Waals surface area contributed by atoms with Gasteiger partial charge in [0.15, 0.2) is 5.16 Å². The van der Waals surface area contributed by atoms with Crippen molar-refractivity contribution in [1.29, 1.82) is 0 Å². The number of nitrogens with one attached hydrogen (secondary N) is 1. The van der Waals surface area contributed by atoms with E-state index in [1.54, 1.807) is 13.0 Å². The summed E-state index contributed by atoms with van der Waals surface area (Å²) in [6.07, 6.45) is -0.360. The maximum atomic E-state index is 13.0. The molecule has 0 aliphatic rings. The third kappa shape index (κ3) is 6.99. The molecule has 146 valence electrons. The molecule has 0 radical (unpaired) electrons. The zero-order valence-electron chi connectivity index (χ0n) is 14.5. The van der Waals surface area contributed by atoms with Crippen molar-refractivity contribution >= 4 is 52.5 Å². The monoisotopic (exact) mass is 451 g/mol. The first-order chi connectivity index (χ1) is 12.7. The molecule has 5 nitrogen and oxygen atoms in total. The van der Waals surface area contributed by atoms with Crippen LogP contribution in [-0.2, 0) is 0 Å². The van der Waals surface area contributed by atoms with Crippen LogP contribution in [-0.4, -0.2) is 31.6 Å². The van der Waals surface area contributed by atoms with Crippen LogP contribution in [0.4, 0.5) is 4.39 Å². The predicted octanol–water partition coefficient (Wildman–Crippen LogP) is 4.93. The summed E-state index contributed by atoms with van der Waals surface area (Å²) >= 11 is 19.3. The van der Waals surface area contributed by atoms with Crippen LogP contribution in [0.5, 0.6) is 5.88 Å². The number of thioether (sulfide) groups is 1. The number of alkyl halides is 3. The number of hydrogen-bond donors (Lipinski definition) is 1. The molecule has 1 atom stereocenters.